The number of aliphatic hydroxyl groups excluding tert-OH is 1. The van der Waals surface area contributed by atoms with Crippen LogP contribution >= 0.6 is 0 Å². The lowest BCUT2D eigenvalue weighted by atomic mass is 9.95. The lowest BCUT2D eigenvalue weighted by molar-refractivity contribution is -0.139. The number of Topliss-reactive ketones (excluding diaryl/α,β-unsaturated/α-hetero) is 1. The van der Waals surface area contributed by atoms with Crippen molar-refractivity contribution < 1.29 is 19.4 Å². The fraction of sp³-hybridized carbons (Fsp3) is 0.273. The molecule has 0 saturated carbocycles. The fourth-order valence-electron chi connectivity index (χ4n) is 3.36. The minimum atomic E-state index is -0.649. The number of ether oxygens (including phenoxy) is 1. The van der Waals surface area contributed by atoms with E-state index in [0.29, 0.717) is 24.5 Å². The van der Waals surface area contributed by atoms with Crippen LogP contribution in [-0.4, -0.2) is 34.8 Å². The highest BCUT2D eigenvalue weighted by molar-refractivity contribution is 6.46. The Bertz CT molecular complexity index is 856. The molecule has 1 saturated heterocycles. The normalized spacial score (nSPS) is 18.7. The van der Waals surface area contributed by atoms with Crippen LogP contribution in [0.1, 0.15) is 37.4 Å². The van der Waals surface area contributed by atoms with E-state index in [4.69, 9.17) is 4.74 Å². The number of carbonyl (C=O) groups is 2. The molecule has 5 heteroatoms. The number of rotatable bonds is 6. The summed E-state index contributed by atoms with van der Waals surface area (Å²) in [5.41, 5.74) is 1.41. The number of nitrogens with zero attached hydrogens (tertiary/aromatic N) is 1. The molecule has 5 nitrogen and oxygen atoms in total. The molecule has 1 aliphatic heterocycles. The van der Waals surface area contributed by atoms with Crippen LogP contribution in [0, 0.1) is 0 Å². The van der Waals surface area contributed by atoms with E-state index in [9.17, 15) is 14.7 Å². The Morgan fingerprint density at radius 3 is 2.30 bits per heavy atom. The van der Waals surface area contributed by atoms with Gasteiger partial charge in [-0.15, -0.1) is 0 Å². The lowest BCUT2D eigenvalue weighted by Gasteiger charge is -2.24. The first-order valence-corrected chi connectivity index (χ1v) is 9.15. The molecule has 0 spiro atoms. The Kier molecular flexibility index (Phi) is 5.60. The molecule has 0 aromatic heterocycles. The topological polar surface area (TPSA) is 66.8 Å². The van der Waals surface area contributed by atoms with E-state index in [0.717, 1.165) is 12.0 Å². The Morgan fingerprint density at radius 1 is 1.04 bits per heavy atom. The van der Waals surface area contributed by atoms with Crippen molar-refractivity contribution in [3.05, 3.63) is 71.3 Å². The second-order valence-corrected chi connectivity index (χ2v) is 6.36. The Balaban J connectivity index is 2.10. The maximum Gasteiger partial charge on any atom is 0.295 e. The largest absolute Gasteiger partial charge is 0.507 e. The Hall–Kier alpha value is -3.08. The molecular weight excluding hydrogens is 342 g/mol. The summed E-state index contributed by atoms with van der Waals surface area (Å²) in [4.78, 5) is 26.8. The van der Waals surface area contributed by atoms with Crippen molar-refractivity contribution in [2.24, 2.45) is 0 Å². The first kappa shape index (κ1) is 18.7. The summed E-state index contributed by atoms with van der Waals surface area (Å²) in [5, 5.41) is 10.9. The molecule has 0 aliphatic carbocycles. The number of carbonyl (C=O) groups excluding carboxylic acids is 2. The van der Waals surface area contributed by atoms with Crippen molar-refractivity contribution in [2.45, 2.75) is 26.3 Å². The predicted molar refractivity (Wildman–Crippen MR) is 103 cm³/mol. The molecule has 3 rings (SSSR count). The molecule has 2 aromatic rings. The van der Waals surface area contributed by atoms with E-state index in [2.05, 4.69) is 0 Å². The van der Waals surface area contributed by atoms with Crippen LogP contribution in [0.15, 0.2) is 60.2 Å². The number of ketones is 1. The Labute approximate surface area is 158 Å². The van der Waals surface area contributed by atoms with Crippen molar-refractivity contribution in [2.75, 3.05) is 13.2 Å². The molecule has 1 fully saturated rings. The summed E-state index contributed by atoms with van der Waals surface area (Å²) >= 11 is 0. The van der Waals surface area contributed by atoms with Gasteiger partial charge in [-0.3, -0.25) is 9.59 Å². The number of amides is 1. The molecule has 27 heavy (non-hydrogen) atoms. The standard InChI is InChI=1S/C22H23NO4/c1-3-14-23-19(15-8-6-5-7-9-15)18(21(25)22(23)26)20(24)16-10-12-17(13-11-16)27-4-2/h5-13,19,24H,3-4,14H2,1-2H3/b20-18-. The summed E-state index contributed by atoms with van der Waals surface area (Å²) in [6.45, 7) is 4.84. The third-order valence-electron chi connectivity index (χ3n) is 4.56. The summed E-state index contributed by atoms with van der Waals surface area (Å²) in [5.74, 6) is -0.703. The van der Waals surface area contributed by atoms with Gasteiger partial charge in [0.05, 0.1) is 18.2 Å². The second kappa shape index (κ2) is 8.08. The highest BCUT2D eigenvalue weighted by atomic mass is 16.5. The summed E-state index contributed by atoms with van der Waals surface area (Å²) in [6, 6.07) is 15.6. The van der Waals surface area contributed by atoms with Gasteiger partial charge in [0.15, 0.2) is 0 Å². The monoisotopic (exact) mass is 365 g/mol. The third-order valence-corrected chi connectivity index (χ3v) is 4.56. The number of aliphatic hydroxyl groups is 1. The fourth-order valence-corrected chi connectivity index (χ4v) is 3.36. The predicted octanol–water partition coefficient (Wildman–Crippen LogP) is 3.92. The van der Waals surface area contributed by atoms with E-state index in [1.165, 1.54) is 4.90 Å². The van der Waals surface area contributed by atoms with Crippen molar-refractivity contribution in [1.82, 2.24) is 4.90 Å². The summed E-state index contributed by atoms with van der Waals surface area (Å²) < 4.78 is 5.42. The molecular formula is C22H23NO4. The maximum atomic E-state index is 12.7. The first-order chi connectivity index (χ1) is 13.1. The highest BCUT2D eigenvalue weighted by Gasteiger charge is 2.45. The number of benzene rings is 2. The van der Waals surface area contributed by atoms with Crippen molar-refractivity contribution in [3.63, 3.8) is 0 Å². The van der Waals surface area contributed by atoms with Crippen molar-refractivity contribution >= 4 is 17.4 Å². The molecule has 1 N–H and O–H groups in total. The van der Waals surface area contributed by atoms with Gasteiger partial charge in [0.1, 0.15) is 11.5 Å². The van der Waals surface area contributed by atoms with Crippen LogP contribution in [-0.2, 0) is 9.59 Å². The number of likely N-dealkylation sites (tertiary alicyclic amines) is 1. The van der Waals surface area contributed by atoms with Gasteiger partial charge in [-0.1, -0.05) is 37.3 Å². The minimum Gasteiger partial charge on any atom is -0.507 e. The summed E-state index contributed by atoms with van der Waals surface area (Å²) in [6.07, 6.45) is 0.722. The van der Waals surface area contributed by atoms with Crippen LogP contribution < -0.4 is 4.74 Å². The minimum absolute atomic E-state index is 0.129. The van der Waals surface area contributed by atoms with E-state index in [1.54, 1.807) is 24.3 Å². The first-order valence-electron chi connectivity index (χ1n) is 9.15. The number of hydrogen-bond acceptors (Lipinski definition) is 4. The molecule has 1 atom stereocenters. The average molecular weight is 365 g/mol. The molecule has 0 radical (unpaired) electrons. The Morgan fingerprint density at radius 2 is 1.70 bits per heavy atom. The quantitative estimate of drug-likeness (QED) is 0.479. The van der Waals surface area contributed by atoms with Gasteiger partial charge >= 0.3 is 0 Å². The van der Waals surface area contributed by atoms with Crippen LogP contribution in [0.3, 0.4) is 0 Å². The molecule has 0 bridgehead atoms. The van der Waals surface area contributed by atoms with Crippen LogP contribution in [0.2, 0.25) is 0 Å². The molecule has 1 amide bonds. The van der Waals surface area contributed by atoms with E-state index in [-0.39, 0.29) is 11.3 Å². The highest BCUT2D eigenvalue weighted by Crippen LogP contribution is 2.39. The summed E-state index contributed by atoms with van der Waals surface area (Å²) in [7, 11) is 0. The van der Waals surface area contributed by atoms with Gasteiger partial charge in [-0.2, -0.15) is 0 Å². The molecule has 1 heterocycles. The zero-order valence-corrected chi connectivity index (χ0v) is 15.5. The van der Waals surface area contributed by atoms with Crippen molar-refractivity contribution in [3.8, 4) is 5.75 Å². The second-order valence-electron chi connectivity index (χ2n) is 6.36. The van der Waals surface area contributed by atoms with Crippen LogP contribution in [0.25, 0.3) is 5.76 Å². The SMILES string of the molecule is CCCN1C(=O)C(=O)/C(=C(\O)c2ccc(OCC)cc2)C1c1ccccc1. The zero-order valence-electron chi connectivity index (χ0n) is 15.5. The zero-order chi connectivity index (χ0) is 19.4. The van der Waals surface area contributed by atoms with Gasteiger partial charge in [0.2, 0.25) is 0 Å². The third kappa shape index (κ3) is 3.58. The average Bonchev–Trinajstić information content (AvgIpc) is 2.94. The molecule has 140 valence electrons. The number of hydrogen-bond donors (Lipinski definition) is 1. The van der Waals surface area contributed by atoms with Gasteiger partial charge in [0, 0.05) is 12.1 Å². The van der Waals surface area contributed by atoms with Gasteiger partial charge < -0.3 is 14.7 Å². The molecule has 1 unspecified atom stereocenters. The molecule has 2 aromatic carbocycles. The molecule has 1 aliphatic rings. The van der Waals surface area contributed by atoms with E-state index >= 15 is 0 Å². The maximum absolute atomic E-state index is 12.7. The van der Waals surface area contributed by atoms with Gasteiger partial charge in [0.25, 0.3) is 11.7 Å². The van der Waals surface area contributed by atoms with Gasteiger partial charge in [-0.25, -0.2) is 0 Å². The van der Waals surface area contributed by atoms with Gasteiger partial charge in [-0.05, 0) is 43.2 Å². The van der Waals surface area contributed by atoms with Crippen LogP contribution in [0.5, 0.6) is 5.75 Å². The van der Waals surface area contributed by atoms with E-state index in [1.807, 2.05) is 44.2 Å². The van der Waals surface area contributed by atoms with Crippen LogP contribution in [0.4, 0.5) is 0 Å². The van der Waals surface area contributed by atoms with Crippen molar-refractivity contribution in [1.29, 1.82) is 0 Å². The lowest BCUT2D eigenvalue weighted by Crippen LogP contribution is -2.30. The van der Waals surface area contributed by atoms with E-state index < -0.39 is 17.7 Å². The smallest absolute Gasteiger partial charge is 0.295 e.